The highest BCUT2D eigenvalue weighted by Gasteiger charge is 2.37. The van der Waals surface area contributed by atoms with Gasteiger partial charge in [0, 0.05) is 11.5 Å². The maximum Gasteiger partial charge on any atom is 0.230 e. The lowest BCUT2D eigenvalue weighted by Crippen LogP contribution is -2.47. The van der Waals surface area contributed by atoms with Gasteiger partial charge in [0.15, 0.2) is 0 Å². The van der Waals surface area contributed by atoms with Crippen molar-refractivity contribution in [2.24, 2.45) is 5.41 Å². The monoisotopic (exact) mass is 296 g/mol. The number of carbonyl (C=O) groups is 1. The number of halogens is 2. The highest BCUT2D eigenvalue weighted by atomic mass is 19.1. The van der Waals surface area contributed by atoms with E-state index < -0.39 is 17.0 Å². The van der Waals surface area contributed by atoms with Crippen LogP contribution >= 0.6 is 0 Å². The average Bonchev–Trinajstić information content (AvgIpc) is 2.43. The second-order valence-electron chi connectivity index (χ2n) is 6.24. The van der Waals surface area contributed by atoms with Crippen LogP contribution < -0.4 is 5.32 Å². The smallest absolute Gasteiger partial charge is 0.230 e. The summed E-state index contributed by atoms with van der Waals surface area (Å²) in [7, 11) is 0. The molecule has 0 atom stereocenters. The summed E-state index contributed by atoms with van der Waals surface area (Å²) in [5, 5.41) is 2.43. The number of carbonyl (C=O) groups excluding carboxylic acids is 1. The molecule has 1 aromatic rings. The summed E-state index contributed by atoms with van der Waals surface area (Å²) in [6.45, 7) is 7.75. The molecule has 0 bridgehead atoms. The van der Waals surface area contributed by atoms with E-state index in [4.69, 9.17) is 0 Å². The molecule has 0 radical (unpaired) electrons. The highest BCUT2D eigenvalue weighted by Crippen LogP contribution is 2.33. The van der Waals surface area contributed by atoms with Crippen molar-refractivity contribution >= 4 is 11.6 Å². The lowest BCUT2D eigenvalue weighted by molar-refractivity contribution is -0.127. The van der Waals surface area contributed by atoms with Gasteiger partial charge in [-0.15, -0.1) is 0 Å². The quantitative estimate of drug-likeness (QED) is 0.927. The van der Waals surface area contributed by atoms with Crippen molar-refractivity contribution in [1.82, 2.24) is 4.90 Å². The van der Waals surface area contributed by atoms with Crippen LogP contribution in [-0.4, -0.2) is 29.9 Å². The molecule has 0 aliphatic carbocycles. The van der Waals surface area contributed by atoms with Gasteiger partial charge in [-0.3, -0.25) is 4.79 Å². The molecule has 2 rings (SSSR count). The molecule has 1 saturated heterocycles. The molecule has 0 spiro atoms. The van der Waals surface area contributed by atoms with Crippen LogP contribution in [-0.2, 0) is 4.79 Å². The number of likely N-dealkylation sites (tertiary alicyclic amines) is 1. The van der Waals surface area contributed by atoms with E-state index in [1.165, 1.54) is 6.07 Å². The Morgan fingerprint density at radius 1 is 1.24 bits per heavy atom. The van der Waals surface area contributed by atoms with Gasteiger partial charge in [-0.2, -0.15) is 0 Å². The van der Waals surface area contributed by atoms with Crippen molar-refractivity contribution in [3.63, 3.8) is 0 Å². The third kappa shape index (κ3) is 3.40. The topological polar surface area (TPSA) is 32.3 Å². The molecular formula is C16H22F2N2O. The van der Waals surface area contributed by atoms with E-state index in [0.29, 0.717) is 18.9 Å². The number of hydrogen-bond acceptors (Lipinski definition) is 2. The Hall–Kier alpha value is -1.49. The van der Waals surface area contributed by atoms with Crippen LogP contribution in [0.4, 0.5) is 14.5 Å². The van der Waals surface area contributed by atoms with Crippen molar-refractivity contribution in [2.75, 3.05) is 18.4 Å². The largest absolute Gasteiger partial charge is 0.321 e. The van der Waals surface area contributed by atoms with Crippen LogP contribution in [0.1, 0.15) is 33.6 Å². The van der Waals surface area contributed by atoms with Crippen LogP contribution in [0.5, 0.6) is 0 Å². The van der Waals surface area contributed by atoms with E-state index in [9.17, 15) is 13.6 Å². The summed E-state index contributed by atoms with van der Waals surface area (Å²) in [4.78, 5) is 14.7. The molecule has 0 saturated carbocycles. The van der Waals surface area contributed by atoms with E-state index in [1.54, 1.807) is 0 Å². The number of rotatable bonds is 3. The first-order valence-corrected chi connectivity index (χ1v) is 7.33. The van der Waals surface area contributed by atoms with Crippen LogP contribution in [0.15, 0.2) is 18.2 Å². The minimum Gasteiger partial charge on any atom is -0.321 e. The number of benzene rings is 1. The van der Waals surface area contributed by atoms with Gasteiger partial charge >= 0.3 is 0 Å². The zero-order valence-electron chi connectivity index (χ0n) is 12.7. The van der Waals surface area contributed by atoms with Crippen molar-refractivity contribution in [2.45, 2.75) is 39.7 Å². The van der Waals surface area contributed by atoms with Gasteiger partial charge in [0.2, 0.25) is 5.91 Å². The van der Waals surface area contributed by atoms with Crippen LogP contribution in [0, 0.1) is 17.0 Å². The van der Waals surface area contributed by atoms with Crippen molar-refractivity contribution in [3.8, 4) is 0 Å². The Bertz CT molecular complexity index is 503. The number of nitrogens with zero attached hydrogens (tertiary/aromatic N) is 1. The second kappa shape index (κ2) is 6.10. The third-order valence-corrected chi connectivity index (χ3v) is 4.38. The van der Waals surface area contributed by atoms with Crippen molar-refractivity contribution < 1.29 is 13.6 Å². The zero-order valence-corrected chi connectivity index (χ0v) is 12.7. The van der Waals surface area contributed by atoms with E-state index in [0.717, 1.165) is 25.2 Å². The molecule has 21 heavy (non-hydrogen) atoms. The van der Waals surface area contributed by atoms with Gasteiger partial charge in [0.05, 0.1) is 0 Å². The van der Waals surface area contributed by atoms with Crippen molar-refractivity contribution in [1.29, 1.82) is 0 Å². The number of hydrogen-bond donors (Lipinski definition) is 1. The van der Waals surface area contributed by atoms with Gasteiger partial charge in [-0.05, 0) is 51.9 Å². The molecule has 5 heteroatoms. The number of para-hydroxylation sites is 1. The fourth-order valence-corrected chi connectivity index (χ4v) is 2.64. The minimum atomic E-state index is -0.744. The molecule has 1 aliphatic rings. The fraction of sp³-hybridized carbons (Fsp3) is 0.562. The summed E-state index contributed by atoms with van der Waals surface area (Å²) in [5.41, 5.74) is -0.935. The molecule has 1 N–H and O–H groups in total. The molecule has 3 nitrogen and oxygen atoms in total. The van der Waals surface area contributed by atoms with Gasteiger partial charge in [-0.1, -0.05) is 13.0 Å². The predicted molar refractivity (Wildman–Crippen MR) is 79.0 cm³/mol. The first kappa shape index (κ1) is 15.9. The molecule has 0 aromatic heterocycles. The predicted octanol–water partition coefficient (Wildman–Crippen LogP) is 3.41. The van der Waals surface area contributed by atoms with E-state index >= 15 is 0 Å². The number of nitrogens with one attached hydrogen (secondary N) is 1. The molecule has 1 fully saturated rings. The molecule has 1 heterocycles. The van der Waals surface area contributed by atoms with E-state index in [-0.39, 0.29) is 11.6 Å². The molecule has 1 amide bonds. The SMILES string of the molecule is CC(C)N1CCC(C)(C(=O)Nc2c(F)cccc2F)CC1. The Morgan fingerprint density at radius 2 is 1.76 bits per heavy atom. The summed E-state index contributed by atoms with van der Waals surface area (Å²) < 4.78 is 27.2. The highest BCUT2D eigenvalue weighted by molar-refractivity contribution is 5.95. The van der Waals surface area contributed by atoms with Gasteiger partial charge in [0.1, 0.15) is 17.3 Å². The molecule has 1 aliphatic heterocycles. The Kier molecular flexibility index (Phi) is 4.61. The number of anilines is 1. The Balaban J connectivity index is 2.07. The second-order valence-corrected chi connectivity index (χ2v) is 6.24. The number of amides is 1. The molecule has 116 valence electrons. The number of piperidine rings is 1. The van der Waals surface area contributed by atoms with Gasteiger partial charge in [-0.25, -0.2) is 8.78 Å². The van der Waals surface area contributed by atoms with Crippen LogP contribution in [0.25, 0.3) is 0 Å². The third-order valence-electron chi connectivity index (χ3n) is 4.38. The standard InChI is InChI=1S/C16H22F2N2O/c1-11(2)20-9-7-16(3,8-10-20)15(21)19-14-12(17)5-4-6-13(14)18/h4-6,11H,7-10H2,1-3H3,(H,19,21). The molecule has 1 aromatic carbocycles. The summed E-state index contributed by atoms with van der Waals surface area (Å²) >= 11 is 0. The van der Waals surface area contributed by atoms with E-state index in [1.807, 2.05) is 6.92 Å². The van der Waals surface area contributed by atoms with E-state index in [2.05, 4.69) is 24.1 Å². The maximum atomic E-state index is 13.6. The van der Waals surface area contributed by atoms with Crippen LogP contribution in [0.3, 0.4) is 0 Å². The van der Waals surface area contributed by atoms with Gasteiger partial charge in [0.25, 0.3) is 0 Å². The van der Waals surface area contributed by atoms with Crippen molar-refractivity contribution in [3.05, 3.63) is 29.8 Å². The average molecular weight is 296 g/mol. The summed E-state index contributed by atoms with van der Waals surface area (Å²) in [5.74, 6) is -1.80. The zero-order chi connectivity index (χ0) is 15.6. The lowest BCUT2D eigenvalue weighted by atomic mass is 9.79. The Morgan fingerprint density at radius 3 is 2.24 bits per heavy atom. The van der Waals surface area contributed by atoms with Gasteiger partial charge < -0.3 is 10.2 Å². The summed E-state index contributed by atoms with van der Waals surface area (Å²) in [6, 6.07) is 4.01. The van der Waals surface area contributed by atoms with Crippen LogP contribution in [0.2, 0.25) is 0 Å². The maximum absolute atomic E-state index is 13.6. The first-order chi connectivity index (χ1) is 9.83. The minimum absolute atomic E-state index is 0.310. The lowest BCUT2D eigenvalue weighted by Gasteiger charge is -2.40. The summed E-state index contributed by atoms with van der Waals surface area (Å²) in [6.07, 6.45) is 1.38. The molecular weight excluding hydrogens is 274 g/mol. The first-order valence-electron chi connectivity index (χ1n) is 7.33. The fourth-order valence-electron chi connectivity index (χ4n) is 2.64. The Labute approximate surface area is 124 Å². The molecule has 0 unspecified atom stereocenters. The normalized spacial score (nSPS) is 18.8.